The summed E-state index contributed by atoms with van der Waals surface area (Å²) < 4.78 is 5.45. The number of hydrogen-bond donors (Lipinski definition) is 2. The quantitative estimate of drug-likeness (QED) is 0.867. The molecule has 1 atom stereocenters. The van der Waals surface area contributed by atoms with Gasteiger partial charge in [-0.25, -0.2) is 4.98 Å². The SMILES string of the molecule is Cc1ccc(C(C)NC(=O)c2ncccc2N)o1. The van der Waals surface area contributed by atoms with E-state index in [2.05, 4.69) is 10.3 Å². The Labute approximate surface area is 105 Å². The molecule has 94 valence electrons. The summed E-state index contributed by atoms with van der Waals surface area (Å²) in [5, 5.41) is 2.79. The van der Waals surface area contributed by atoms with Crippen LogP contribution in [0.5, 0.6) is 0 Å². The molecule has 0 aliphatic carbocycles. The van der Waals surface area contributed by atoms with Gasteiger partial charge in [0, 0.05) is 6.20 Å². The molecule has 0 aliphatic heterocycles. The molecule has 5 nitrogen and oxygen atoms in total. The molecule has 0 saturated heterocycles. The van der Waals surface area contributed by atoms with E-state index in [9.17, 15) is 4.79 Å². The van der Waals surface area contributed by atoms with Gasteiger partial charge in [0.15, 0.2) is 5.69 Å². The topological polar surface area (TPSA) is 81.2 Å². The first-order valence-electron chi connectivity index (χ1n) is 5.65. The number of nitrogens with one attached hydrogen (secondary N) is 1. The molecule has 0 saturated carbocycles. The van der Waals surface area contributed by atoms with E-state index < -0.39 is 0 Å². The number of amides is 1. The van der Waals surface area contributed by atoms with Crippen LogP contribution < -0.4 is 11.1 Å². The number of anilines is 1. The fraction of sp³-hybridized carbons (Fsp3) is 0.231. The molecule has 2 aromatic heterocycles. The average molecular weight is 245 g/mol. The maximum absolute atomic E-state index is 12.0. The van der Waals surface area contributed by atoms with E-state index in [1.54, 1.807) is 12.1 Å². The van der Waals surface area contributed by atoms with Crippen molar-refractivity contribution in [1.29, 1.82) is 0 Å². The lowest BCUT2D eigenvalue weighted by Crippen LogP contribution is -2.27. The van der Waals surface area contributed by atoms with Crippen LogP contribution in [0.25, 0.3) is 0 Å². The zero-order chi connectivity index (χ0) is 13.1. The Balaban J connectivity index is 2.10. The number of aromatic nitrogens is 1. The first kappa shape index (κ1) is 12.2. The van der Waals surface area contributed by atoms with E-state index in [0.717, 1.165) is 5.76 Å². The van der Waals surface area contributed by atoms with Crippen LogP contribution in [0.15, 0.2) is 34.9 Å². The number of rotatable bonds is 3. The Kier molecular flexibility index (Phi) is 3.32. The molecule has 0 radical (unpaired) electrons. The highest BCUT2D eigenvalue weighted by atomic mass is 16.3. The molecule has 5 heteroatoms. The number of nitrogen functional groups attached to an aromatic ring is 1. The van der Waals surface area contributed by atoms with E-state index >= 15 is 0 Å². The van der Waals surface area contributed by atoms with E-state index in [-0.39, 0.29) is 17.6 Å². The molecule has 0 fully saturated rings. The van der Waals surface area contributed by atoms with E-state index in [1.807, 2.05) is 26.0 Å². The van der Waals surface area contributed by atoms with Crippen molar-refractivity contribution < 1.29 is 9.21 Å². The summed E-state index contributed by atoms with van der Waals surface area (Å²) in [4.78, 5) is 15.9. The van der Waals surface area contributed by atoms with Crippen molar-refractivity contribution in [3.05, 3.63) is 47.7 Å². The van der Waals surface area contributed by atoms with Gasteiger partial charge in [0.25, 0.3) is 5.91 Å². The number of carbonyl (C=O) groups is 1. The number of carbonyl (C=O) groups excluding carboxylic acids is 1. The van der Waals surface area contributed by atoms with Crippen LogP contribution in [-0.4, -0.2) is 10.9 Å². The standard InChI is InChI=1S/C13H15N3O2/c1-8-5-6-11(18-8)9(2)16-13(17)12-10(14)4-3-7-15-12/h3-7,9H,14H2,1-2H3,(H,16,17). The van der Waals surface area contributed by atoms with Crippen molar-refractivity contribution in [3.63, 3.8) is 0 Å². The molecule has 1 amide bonds. The van der Waals surface area contributed by atoms with Crippen molar-refractivity contribution in [3.8, 4) is 0 Å². The van der Waals surface area contributed by atoms with Crippen molar-refractivity contribution >= 4 is 11.6 Å². The second kappa shape index (κ2) is 4.91. The first-order valence-corrected chi connectivity index (χ1v) is 5.65. The van der Waals surface area contributed by atoms with Gasteiger partial charge in [-0.1, -0.05) is 0 Å². The Morgan fingerprint density at radius 2 is 2.22 bits per heavy atom. The van der Waals surface area contributed by atoms with E-state index in [0.29, 0.717) is 11.4 Å². The summed E-state index contributed by atoms with van der Waals surface area (Å²) in [5.41, 5.74) is 6.28. The predicted molar refractivity (Wildman–Crippen MR) is 68.0 cm³/mol. The second-order valence-corrected chi connectivity index (χ2v) is 4.08. The number of pyridine rings is 1. The molecular weight excluding hydrogens is 230 g/mol. The molecule has 3 N–H and O–H groups in total. The molecule has 2 heterocycles. The predicted octanol–water partition coefficient (Wildman–Crippen LogP) is 2.06. The van der Waals surface area contributed by atoms with Gasteiger partial charge >= 0.3 is 0 Å². The molecule has 0 aromatic carbocycles. The fourth-order valence-electron chi connectivity index (χ4n) is 1.63. The van der Waals surface area contributed by atoms with Crippen LogP contribution in [0.2, 0.25) is 0 Å². The van der Waals surface area contributed by atoms with Gasteiger partial charge in [-0.15, -0.1) is 0 Å². The molecule has 2 rings (SSSR count). The van der Waals surface area contributed by atoms with Gasteiger partial charge in [0.2, 0.25) is 0 Å². The highest BCUT2D eigenvalue weighted by Crippen LogP contribution is 2.16. The Morgan fingerprint density at radius 3 is 2.83 bits per heavy atom. The number of hydrogen-bond acceptors (Lipinski definition) is 4. The maximum atomic E-state index is 12.0. The van der Waals surface area contributed by atoms with Crippen LogP contribution in [0.4, 0.5) is 5.69 Å². The Bertz CT molecular complexity index is 563. The third kappa shape index (κ3) is 2.51. The first-order chi connectivity index (χ1) is 8.58. The average Bonchev–Trinajstić information content (AvgIpc) is 2.76. The van der Waals surface area contributed by atoms with Crippen LogP contribution >= 0.6 is 0 Å². The van der Waals surface area contributed by atoms with E-state index in [1.165, 1.54) is 6.20 Å². The zero-order valence-electron chi connectivity index (χ0n) is 10.3. The van der Waals surface area contributed by atoms with Crippen molar-refractivity contribution in [2.75, 3.05) is 5.73 Å². The minimum atomic E-state index is -0.311. The minimum absolute atomic E-state index is 0.229. The lowest BCUT2D eigenvalue weighted by Gasteiger charge is -2.11. The van der Waals surface area contributed by atoms with Crippen molar-refractivity contribution in [1.82, 2.24) is 10.3 Å². The maximum Gasteiger partial charge on any atom is 0.272 e. The molecule has 2 aromatic rings. The number of furan rings is 1. The van der Waals surface area contributed by atoms with Gasteiger partial charge in [-0.3, -0.25) is 4.79 Å². The third-order valence-corrected chi connectivity index (χ3v) is 2.59. The summed E-state index contributed by atoms with van der Waals surface area (Å²) in [6.45, 7) is 3.70. The largest absolute Gasteiger partial charge is 0.464 e. The Morgan fingerprint density at radius 1 is 1.44 bits per heavy atom. The van der Waals surface area contributed by atoms with E-state index in [4.69, 9.17) is 10.2 Å². The van der Waals surface area contributed by atoms with Gasteiger partial charge < -0.3 is 15.5 Å². The second-order valence-electron chi connectivity index (χ2n) is 4.08. The van der Waals surface area contributed by atoms with Gasteiger partial charge in [0.1, 0.15) is 11.5 Å². The number of aryl methyl sites for hydroxylation is 1. The monoisotopic (exact) mass is 245 g/mol. The van der Waals surface area contributed by atoms with Gasteiger partial charge in [-0.05, 0) is 38.1 Å². The lowest BCUT2D eigenvalue weighted by molar-refractivity contribution is 0.0931. The smallest absolute Gasteiger partial charge is 0.272 e. The van der Waals surface area contributed by atoms with Crippen LogP contribution in [0, 0.1) is 6.92 Å². The highest BCUT2D eigenvalue weighted by Gasteiger charge is 2.16. The molecule has 0 bridgehead atoms. The summed E-state index contributed by atoms with van der Waals surface area (Å²) in [5.74, 6) is 1.20. The molecule has 0 aliphatic rings. The Hall–Kier alpha value is -2.30. The van der Waals surface area contributed by atoms with Crippen LogP contribution in [-0.2, 0) is 0 Å². The summed E-state index contributed by atoms with van der Waals surface area (Å²) in [6.07, 6.45) is 1.53. The fourth-order valence-corrected chi connectivity index (χ4v) is 1.63. The van der Waals surface area contributed by atoms with Crippen LogP contribution in [0.1, 0.15) is 35.0 Å². The minimum Gasteiger partial charge on any atom is -0.464 e. The third-order valence-electron chi connectivity index (χ3n) is 2.59. The van der Waals surface area contributed by atoms with Gasteiger partial charge in [-0.2, -0.15) is 0 Å². The van der Waals surface area contributed by atoms with Crippen molar-refractivity contribution in [2.24, 2.45) is 0 Å². The summed E-state index contributed by atoms with van der Waals surface area (Å²) in [7, 11) is 0. The number of nitrogens with two attached hydrogens (primary N) is 1. The highest BCUT2D eigenvalue weighted by molar-refractivity contribution is 5.97. The zero-order valence-corrected chi connectivity index (χ0v) is 10.3. The van der Waals surface area contributed by atoms with Crippen LogP contribution in [0.3, 0.4) is 0 Å². The normalized spacial score (nSPS) is 12.1. The molecule has 0 spiro atoms. The lowest BCUT2D eigenvalue weighted by atomic mass is 10.2. The van der Waals surface area contributed by atoms with Crippen molar-refractivity contribution in [2.45, 2.75) is 19.9 Å². The summed E-state index contributed by atoms with van der Waals surface area (Å²) >= 11 is 0. The molecular formula is C13H15N3O2. The molecule has 18 heavy (non-hydrogen) atoms. The molecule has 1 unspecified atom stereocenters. The summed E-state index contributed by atoms with van der Waals surface area (Å²) in [6, 6.07) is 6.79. The number of nitrogens with zero attached hydrogens (tertiary/aromatic N) is 1. The van der Waals surface area contributed by atoms with Gasteiger partial charge in [0.05, 0.1) is 11.7 Å².